The van der Waals surface area contributed by atoms with Gasteiger partial charge in [0.1, 0.15) is 5.75 Å². The largest absolute Gasteiger partial charge is 0.497 e. The van der Waals surface area contributed by atoms with E-state index in [4.69, 9.17) is 4.74 Å². The van der Waals surface area contributed by atoms with E-state index in [1.54, 1.807) is 19.2 Å². The fourth-order valence-electron chi connectivity index (χ4n) is 3.53. The zero-order chi connectivity index (χ0) is 18.5. The molecule has 4 nitrogen and oxygen atoms in total. The fraction of sp³-hybridized carbons (Fsp3) is 0.409. The second kappa shape index (κ2) is 8.26. The minimum absolute atomic E-state index is 0.0527. The molecule has 1 heterocycles. The van der Waals surface area contributed by atoms with Gasteiger partial charge in [-0.2, -0.15) is 0 Å². The van der Waals surface area contributed by atoms with Crippen LogP contribution in [-0.4, -0.2) is 26.1 Å². The molecule has 0 radical (unpaired) electrons. The molecular weight excluding hydrogens is 324 g/mol. The number of rotatable bonds is 5. The average molecular weight is 352 g/mol. The lowest BCUT2D eigenvalue weighted by molar-refractivity contribution is 0.0939. The highest BCUT2D eigenvalue weighted by molar-refractivity contribution is 5.94. The second-order valence-electron chi connectivity index (χ2n) is 7.21. The third-order valence-corrected chi connectivity index (χ3v) is 5.09. The number of ether oxygens (including phenoxy) is 1. The van der Waals surface area contributed by atoms with Crippen molar-refractivity contribution in [3.8, 4) is 5.75 Å². The number of anilines is 1. The molecule has 1 aliphatic heterocycles. The van der Waals surface area contributed by atoms with Crippen LogP contribution in [0.1, 0.15) is 48.7 Å². The summed E-state index contributed by atoms with van der Waals surface area (Å²) in [6.45, 7) is 6.58. The van der Waals surface area contributed by atoms with Gasteiger partial charge in [-0.25, -0.2) is 0 Å². The number of hydrogen-bond donors (Lipinski definition) is 1. The van der Waals surface area contributed by atoms with Crippen LogP contribution >= 0.6 is 0 Å². The minimum atomic E-state index is -0.0923. The molecule has 0 bridgehead atoms. The van der Waals surface area contributed by atoms with Crippen LogP contribution in [0.25, 0.3) is 0 Å². The molecule has 2 aromatic carbocycles. The molecular formula is C22H28N2O2. The summed E-state index contributed by atoms with van der Waals surface area (Å²) in [5.41, 5.74) is 2.98. The lowest BCUT2D eigenvalue weighted by Crippen LogP contribution is -2.34. The normalized spacial score (nSPS) is 18.3. The number of benzene rings is 2. The highest BCUT2D eigenvalue weighted by Gasteiger charge is 2.17. The molecule has 0 saturated carbocycles. The van der Waals surface area contributed by atoms with Gasteiger partial charge in [-0.15, -0.1) is 0 Å². The maximum atomic E-state index is 12.5. The quantitative estimate of drug-likeness (QED) is 0.866. The molecule has 0 aromatic heterocycles. The van der Waals surface area contributed by atoms with Crippen molar-refractivity contribution in [1.29, 1.82) is 0 Å². The number of nitrogens with zero attached hydrogens (tertiary/aromatic N) is 1. The van der Waals surface area contributed by atoms with Gasteiger partial charge in [0.05, 0.1) is 13.2 Å². The molecule has 1 saturated heterocycles. The molecule has 1 N–H and O–H groups in total. The van der Waals surface area contributed by atoms with Gasteiger partial charge in [0.15, 0.2) is 0 Å². The van der Waals surface area contributed by atoms with Gasteiger partial charge in [-0.3, -0.25) is 4.79 Å². The lowest BCUT2D eigenvalue weighted by atomic mass is 9.99. The number of methoxy groups -OCH3 is 1. The van der Waals surface area contributed by atoms with Crippen molar-refractivity contribution >= 4 is 11.6 Å². The summed E-state index contributed by atoms with van der Waals surface area (Å²) in [4.78, 5) is 14.9. The van der Waals surface area contributed by atoms with Gasteiger partial charge in [0.2, 0.25) is 0 Å². The Morgan fingerprint density at radius 1 is 1.23 bits per heavy atom. The third-order valence-electron chi connectivity index (χ3n) is 5.09. The van der Waals surface area contributed by atoms with Crippen LogP contribution in [-0.2, 0) is 0 Å². The monoisotopic (exact) mass is 352 g/mol. The van der Waals surface area contributed by atoms with E-state index in [1.165, 1.54) is 18.5 Å². The third kappa shape index (κ3) is 4.37. The first-order chi connectivity index (χ1) is 12.6. The smallest absolute Gasteiger partial charge is 0.251 e. The van der Waals surface area contributed by atoms with Crippen molar-refractivity contribution in [2.24, 2.45) is 5.92 Å². The Morgan fingerprint density at radius 2 is 2.00 bits per heavy atom. The van der Waals surface area contributed by atoms with E-state index >= 15 is 0 Å². The van der Waals surface area contributed by atoms with Gasteiger partial charge in [-0.05, 0) is 61.6 Å². The molecule has 26 heavy (non-hydrogen) atoms. The summed E-state index contributed by atoms with van der Waals surface area (Å²) in [5, 5.41) is 3.06. The van der Waals surface area contributed by atoms with E-state index in [-0.39, 0.29) is 11.9 Å². The predicted molar refractivity (Wildman–Crippen MR) is 106 cm³/mol. The molecule has 1 aliphatic rings. The molecule has 0 aliphatic carbocycles. The van der Waals surface area contributed by atoms with E-state index < -0.39 is 0 Å². The number of amides is 1. The zero-order valence-corrected chi connectivity index (χ0v) is 15.9. The van der Waals surface area contributed by atoms with Crippen LogP contribution < -0.4 is 15.0 Å². The number of piperidine rings is 1. The van der Waals surface area contributed by atoms with E-state index in [9.17, 15) is 4.79 Å². The van der Waals surface area contributed by atoms with Crippen LogP contribution in [0, 0.1) is 5.92 Å². The van der Waals surface area contributed by atoms with E-state index in [0.717, 1.165) is 24.6 Å². The van der Waals surface area contributed by atoms with Crippen LogP contribution in [0.4, 0.5) is 5.69 Å². The summed E-state index contributed by atoms with van der Waals surface area (Å²) >= 11 is 0. The van der Waals surface area contributed by atoms with Crippen molar-refractivity contribution in [2.45, 2.75) is 32.7 Å². The topological polar surface area (TPSA) is 41.6 Å². The molecule has 1 fully saturated rings. The van der Waals surface area contributed by atoms with Crippen molar-refractivity contribution < 1.29 is 9.53 Å². The Balaban J connectivity index is 1.64. The van der Waals surface area contributed by atoms with Gasteiger partial charge in [-0.1, -0.05) is 25.1 Å². The number of carbonyl (C=O) groups is 1. The number of carbonyl (C=O) groups excluding carboxylic acids is 1. The molecule has 1 amide bonds. The first-order valence-electron chi connectivity index (χ1n) is 9.36. The molecule has 2 atom stereocenters. The Labute approximate surface area is 156 Å². The van der Waals surface area contributed by atoms with Crippen molar-refractivity contribution in [3.05, 3.63) is 59.7 Å². The SMILES string of the molecule is COc1cccc(C(=O)N[C@H](C)c2ccc(N3CCC[C@@H](C)C3)cc2)c1. The summed E-state index contributed by atoms with van der Waals surface area (Å²) in [7, 11) is 1.60. The van der Waals surface area contributed by atoms with Gasteiger partial charge in [0, 0.05) is 24.3 Å². The van der Waals surface area contributed by atoms with Gasteiger partial charge >= 0.3 is 0 Å². The molecule has 4 heteroatoms. The Kier molecular flexibility index (Phi) is 5.82. The molecule has 0 unspecified atom stereocenters. The Bertz CT molecular complexity index is 742. The molecule has 3 rings (SSSR count). The highest BCUT2D eigenvalue weighted by Crippen LogP contribution is 2.25. The minimum Gasteiger partial charge on any atom is -0.497 e. The van der Waals surface area contributed by atoms with Crippen LogP contribution in [0.15, 0.2) is 48.5 Å². The lowest BCUT2D eigenvalue weighted by Gasteiger charge is -2.33. The molecule has 2 aromatic rings. The fourth-order valence-corrected chi connectivity index (χ4v) is 3.53. The van der Waals surface area contributed by atoms with Crippen LogP contribution in [0.2, 0.25) is 0 Å². The Morgan fingerprint density at radius 3 is 2.69 bits per heavy atom. The maximum Gasteiger partial charge on any atom is 0.251 e. The summed E-state index contributed by atoms with van der Waals surface area (Å²) < 4.78 is 5.19. The number of nitrogens with one attached hydrogen (secondary N) is 1. The van der Waals surface area contributed by atoms with E-state index in [0.29, 0.717) is 11.3 Å². The van der Waals surface area contributed by atoms with Crippen molar-refractivity contribution in [2.75, 3.05) is 25.1 Å². The molecule has 0 spiro atoms. The van der Waals surface area contributed by atoms with Crippen molar-refractivity contribution in [3.63, 3.8) is 0 Å². The van der Waals surface area contributed by atoms with Gasteiger partial charge in [0.25, 0.3) is 5.91 Å². The molecule has 138 valence electrons. The zero-order valence-electron chi connectivity index (χ0n) is 15.9. The van der Waals surface area contributed by atoms with Gasteiger partial charge < -0.3 is 15.0 Å². The first kappa shape index (κ1) is 18.3. The first-order valence-corrected chi connectivity index (χ1v) is 9.36. The summed E-state index contributed by atoms with van der Waals surface area (Å²) in [6, 6.07) is 15.7. The highest BCUT2D eigenvalue weighted by atomic mass is 16.5. The van der Waals surface area contributed by atoms with E-state index in [1.807, 2.05) is 19.1 Å². The maximum absolute atomic E-state index is 12.5. The average Bonchev–Trinajstić information content (AvgIpc) is 2.68. The number of hydrogen-bond acceptors (Lipinski definition) is 3. The predicted octanol–water partition coefficient (Wildman–Crippen LogP) is 4.42. The van der Waals surface area contributed by atoms with Crippen LogP contribution in [0.5, 0.6) is 5.75 Å². The summed E-state index contributed by atoms with van der Waals surface area (Å²) in [5.74, 6) is 1.35. The standard InChI is InChI=1S/C22H28N2O2/c1-16-6-5-13-24(15-16)20-11-9-18(10-12-20)17(2)23-22(25)19-7-4-8-21(14-19)26-3/h4,7-12,14,16-17H,5-6,13,15H2,1-3H3,(H,23,25)/t16-,17-/m1/s1. The summed E-state index contributed by atoms with van der Waals surface area (Å²) in [6.07, 6.45) is 2.58. The second-order valence-corrected chi connectivity index (χ2v) is 7.21. The van der Waals surface area contributed by atoms with E-state index in [2.05, 4.69) is 41.4 Å². The van der Waals surface area contributed by atoms with Crippen molar-refractivity contribution in [1.82, 2.24) is 5.32 Å². The van der Waals surface area contributed by atoms with Crippen LogP contribution in [0.3, 0.4) is 0 Å². The Hall–Kier alpha value is -2.49.